The number of hydrogen-bond acceptors (Lipinski definition) is 2. The molecule has 1 aliphatic carbocycles. The Hall–Kier alpha value is -2.25. The van der Waals surface area contributed by atoms with E-state index in [0.717, 1.165) is 12.5 Å². The van der Waals surface area contributed by atoms with Gasteiger partial charge in [0.25, 0.3) is 0 Å². The number of primary amides is 1. The molecule has 1 aromatic carbocycles. The first-order valence-electron chi connectivity index (χ1n) is 6.82. The first kappa shape index (κ1) is 16.1. The Bertz CT molecular complexity index is 575. The Labute approximate surface area is 125 Å². The van der Waals surface area contributed by atoms with E-state index in [-0.39, 0.29) is 5.69 Å². The molecule has 2 unspecified atom stereocenters. The van der Waals surface area contributed by atoms with Crippen molar-refractivity contribution in [2.45, 2.75) is 31.5 Å². The van der Waals surface area contributed by atoms with Crippen LogP contribution in [0.25, 0.3) is 0 Å². The van der Waals surface area contributed by atoms with Crippen LogP contribution < -0.4 is 16.4 Å². The number of halogens is 3. The summed E-state index contributed by atoms with van der Waals surface area (Å²) in [6.45, 7) is 0. The predicted octanol–water partition coefficient (Wildman–Crippen LogP) is 2.48. The number of para-hydroxylation sites is 1. The molecule has 1 saturated carbocycles. The van der Waals surface area contributed by atoms with Crippen LogP contribution in [0.2, 0.25) is 0 Å². The van der Waals surface area contributed by atoms with Gasteiger partial charge in [0, 0.05) is 6.04 Å². The Morgan fingerprint density at radius 3 is 2.50 bits per heavy atom. The lowest BCUT2D eigenvalue weighted by Gasteiger charge is -2.19. The lowest BCUT2D eigenvalue weighted by atomic mass is 10.0. The molecule has 0 saturated heterocycles. The van der Waals surface area contributed by atoms with Crippen molar-refractivity contribution >= 4 is 17.6 Å². The van der Waals surface area contributed by atoms with E-state index >= 15 is 0 Å². The van der Waals surface area contributed by atoms with E-state index in [2.05, 4.69) is 10.6 Å². The monoisotopic (exact) mass is 315 g/mol. The third-order valence-corrected chi connectivity index (χ3v) is 3.68. The summed E-state index contributed by atoms with van der Waals surface area (Å²) < 4.78 is 38.5. The molecule has 0 heterocycles. The number of urea groups is 1. The molecule has 1 aromatic rings. The van der Waals surface area contributed by atoms with Crippen LogP contribution in [-0.2, 0) is 11.0 Å². The fraction of sp³-hybridized carbons (Fsp3) is 0.429. The highest BCUT2D eigenvalue weighted by molar-refractivity contribution is 5.91. The largest absolute Gasteiger partial charge is 0.418 e. The minimum Gasteiger partial charge on any atom is -0.369 e. The number of carbonyl (C=O) groups excluding carboxylic acids is 2. The molecule has 0 spiro atoms. The van der Waals surface area contributed by atoms with Gasteiger partial charge in [-0.15, -0.1) is 0 Å². The Morgan fingerprint density at radius 1 is 1.18 bits per heavy atom. The topological polar surface area (TPSA) is 84.2 Å². The zero-order valence-electron chi connectivity index (χ0n) is 11.6. The van der Waals surface area contributed by atoms with Crippen LogP contribution in [0.1, 0.15) is 24.8 Å². The maximum Gasteiger partial charge on any atom is 0.418 e. The van der Waals surface area contributed by atoms with E-state index in [0.29, 0.717) is 12.8 Å². The first-order valence-corrected chi connectivity index (χ1v) is 6.82. The molecular formula is C14H16F3N3O2. The second-order valence-corrected chi connectivity index (χ2v) is 5.19. The van der Waals surface area contributed by atoms with Gasteiger partial charge < -0.3 is 16.4 Å². The van der Waals surface area contributed by atoms with Gasteiger partial charge in [-0.3, -0.25) is 4.79 Å². The molecule has 8 heteroatoms. The fourth-order valence-corrected chi connectivity index (χ4v) is 2.64. The summed E-state index contributed by atoms with van der Waals surface area (Å²) in [5, 5.41) is 4.70. The highest BCUT2D eigenvalue weighted by Gasteiger charge is 2.35. The van der Waals surface area contributed by atoms with E-state index < -0.39 is 35.6 Å². The number of nitrogens with two attached hydrogens (primary N) is 1. The van der Waals surface area contributed by atoms with Crippen molar-refractivity contribution in [1.29, 1.82) is 0 Å². The van der Waals surface area contributed by atoms with Crippen molar-refractivity contribution in [3.05, 3.63) is 29.8 Å². The number of anilines is 1. The van der Waals surface area contributed by atoms with Crippen LogP contribution in [0.5, 0.6) is 0 Å². The minimum absolute atomic E-state index is 0.332. The molecule has 2 rings (SSSR count). The van der Waals surface area contributed by atoms with E-state index in [9.17, 15) is 22.8 Å². The van der Waals surface area contributed by atoms with Gasteiger partial charge in [-0.05, 0) is 25.0 Å². The number of nitrogens with one attached hydrogen (secondary N) is 2. The number of carbonyl (C=O) groups is 2. The maximum atomic E-state index is 12.8. The van der Waals surface area contributed by atoms with Gasteiger partial charge in [-0.25, -0.2) is 4.79 Å². The summed E-state index contributed by atoms with van der Waals surface area (Å²) in [5.74, 6) is -0.998. The molecule has 0 aromatic heterocycles. The van der Waals surface area contributed by atoms with Crippen LogP contribution >= 0.6 is 0 Å². The van der Waals surface area contributed by atoms with Crippen molar-refractivity contribution in [3.8, 4) is 0 Å². The lowest BCUT2D eigenvalue weighted by molar-refractivity contribution is -0.136. The molecule has 1 aliphatic rings. The van der Waals surface area contributed by atoms with Crippen molar-refractivity contribution in [2.75, 3.05) is 5.32 Å². The minimum atomic E-state index is -4.56. The molecule has 0 bridgehead atoms. The first-order chi connectivity index (χ1) is 10.3. The normalized spacial score (nSPS) is 21.4. The number of rotatable bonds is 3. The van der Waals surface area contributed by atoms with E-state index in [4.69, 9.17) is 5.73 Å². The van der Waals surface area contributed by atoms with Gasteiger partial charge in [-0.2, -0.15) is 13.2 Å². The molecule has 120 valence electrons. The molecule has 3 amide bonds. The van der Waals surface area contributed by atoms with Gasteiger partial charge in [0.2, 0.25) is 5.91 Å². The van der Waals surface area contributed by atoms with Gasteiger partial charge >= 0.3 is 12.2 Å². The zero-order chi connectivity index (χ0) is 16.3. The van der Waals surface area contributed by atoms with E-state index in [1.54, 1.807) is 0 Å². The van der Waals surface area contributed by atoms with Crippen molar-refractivity contribution in [3.63, 3.8) is 0 Å². The summed E-state index contributed by atoms with van der Waals surface area (Å²) in [6.07, 6.45) is -2.69. The third-order valence-electron chi connectivity index (χ3n) is 3.68. The average Bonchev–Trinajstić information content (AvgIpc) is 2.86. The highest BCUT2D eigenvalue weighted by atomic mass is 19.4. The fourth-order valence-electron chi connectivity index (χ4n) is 2.64. The predicted molar refractivity (Wildman–Crippen MR) is 73.9 cm³/mol. The molecule has 1 fully saturated rings. The lowest BCUT2D eigenvalue weighted by Crippen LogP contribution is -2.44. The van der Waals surface area contributed by atoms with Crippen LogP contribution in [-0.4, -0.2) is 18.0 Å². The SMILES string of the molecule is NC(=O)C1CCCC1NC(=O)Nc1ccccc1C(F)(F)F. The van der Waals surface area contributed by atoms with Gasteiger partial charge in [0.1, 0.15) is 0 Å². The number of amides is 3. The van der Waals surface area contributed by atoms with Gasteiger partial charge in [0.05, 0.1) is 17.2 Å². The second kappa shape index (κ2) is 6.25. The molecule has 4 N–H and O–H groups in total. The summed E-state index contributed by atoms with van der Waals surface area (Å²) in [6, 6.07) is 3.46. The molecule has 2 atom stereocenters. The molecule has 0 radical (unpaired) electrons. The molecule has 0 aliphatic heterocycles. The highest BCUT2D eigenvalue weighted by Crippen LogP contribution is 2.34. The summed E-state index contributed by atoms with van der Waals surface area (Å²) in [7, 11) is 0. The number of alkyl halides is 3. The number of benzene rings is 1. The van der Waals surface area contributed by atoms with E-state index in [1.807, 2.05) is 0 Å². The maximum absolute atomic E-state index is 12.8. The smallest absolute Gasteiger partial charge is 0.369 e. The second-order valence-electron chi connectivity index (χ2n) is 5.19. The molecule has 22 heavy (non-hydrogen) atoms. The Morgan fingerprint density at radius 2 is 1.86 bits per heavy atom. The van der Waals surface area contributed by atoms with Crippen LogP contribution in [0.4, 0.5) is 23.7 Å². The third kappa shape index (κ3) is 3.69. The summed E-state index contributed by atoms with van der Waals surface area (Å²) in [4.78, 5) is 23.1. The van der Waals surface area contributed by atoms with Crippen LogP contribution in [0, 0.1) is 5.92 Å². The van der Waals surface area contributed by atoms with Crippen molar-refractivity contribution in [1.82, 2.24) is 5.32 Å². The van der Waals surface area contributed by atoms with Crippen LogP contribution in [0.15, 0.2) is 24.3 Å². The standard InChI is InChI=1S/C14H16F3N3O2/c15-14(16,17)9-5-1-2-6-11(9)20-13(22)19-10-7-3-4-8(10)12(18)21/h1-2,5-6,8,10H,3-4,7H2,(H2,18,21)(H2,19,20,22). The summed E-state index contributed by atoms with van der Waals surface area (Å²) in [5.41, 5.74) is 3.98. The van der Waals surface area contributed by atoms with Crippen LogP contribution in [0.3, 0.4) is 0 Å². The van der Waals surface area contributed by atoms with Crippen molar-refractivity contribution in [2.24, 2.45) is 11.7 Å². The summed E-state index contributed by atoms with van der Waals surface area (Å²) >= 11 is 0. The van der Waals surface area contributed by atoms with E-state index in [1.165, 1.54) is 18.2 Å². The average molecular weight is 315 g/mol. The Balaban J connectivity index is 2.06. The number of hydrogen-bond donors (Lipinski definition) is 3. The quantitative estimate of drug-likeness (QED) is 0.800. The Kier molecular flexibility index (Phi) is 4.58. The zero-order valence-corrected chi connectivity index (χ0v) is 11.6. The van der Waals surface area contributed by atoms with Gasteiger partial charge in [-0.1, -0.05) is 18.6 Å². The van der Waals surface area contributed by atoms with Crippen molar-refractivity contribution < 1.29 is 22.8 Å². The van der Waals surface area contributed by atoms with Gasteiger partial charge in [0.15, 0.2) is 0 Å². The molecular weight excluding hydrogens is 299 g/mol. The molecule has 5 nitrogen and oxygen atoms in total.